The van der Waals surface area contributed by atoms with E-state index in [1.165, 1.54) is 38.4 Å². The van der Waals surface area contributed by atoms with E-state index in [-0.39, 0.29) is 10.8 Å². The number of nitrogens with zero attached hydrogens (tertiary/aromatic N) is 2. The maximum Gasteiger partial charge on any atom is 0.0802 e. The van der Waals surface area contributed by atoms with Gasteiger partial charge in [0.25, 0.3) is 0 Å². The molecule has 2 aromatic heterocycles. The van der Waals surface area contributed by atoms with Crippen LogP contribution in [0.3, 0.4) is 0 Å². The van der Waals surface area contributed by atoms with Gasteiger partial charge in [-0.15, -0.1) is 0 Å². The topological polar surface area (TPSA) is 25.8 Å². The lowest BCUT2D eigenvalue weighted by molar-refractivity contribution is 0.411. The fraction of sp³-hybridized carbons (Fsp3) is 0.308. The van der Waals surface area contributed by atoms with Crippen molar-refractivity contribution in [2.45, 2.75) is 46.5 Å². The van der Waals surface area contributed by atoms with E-state index >= 15 is 0 Å². The number of rotatable bonds is 1. The van der Waals surface area contributed by atoms with Crippen molar-refractivity contribution in [1.82, 2.24) is 9.97 Å². The molecule has 0 spiro atoms. The zero-order valence-electron chi connectivity index (χ0n) is 17.3. The third-order valence-electron chi connectivity index (χ3n) is 5.99. The highest BCUT2D eigenvalue weighted by atomic mass is 14.7. The van der Waals surface area contributed by atoms with Crippen LogP contribution in [-0.2, 0) is 11.8 Å². The van der Waals surface area contributed by atoms with Crippen molar-refractivity contribution < 1.29 is 0 Å². The second-order valence-electron chi connectivity index (χ2n) is 9.83. The van der Waals surface area contributed by atoms with E-state index in [2.05, 4.69) is 77.1 Å². The minimum atomic E-state index is -0.111. The van der Waals surface area contributed by atoms with Gasteiger partial charge in [-0.05, 0) is 46.0 Å². The largest absolute Gasteiger partial charge is 0.256 e. The molecule has 0 saturated heterocycles. The van der Waals surface area contributed by atoms with Gasteiger partial charge >= 0.3 is 0 Å². The number of pyridine rings is 2. The van der Waals surface area contributed by atoms with Gasteiger partial charge in [0.1, 0.15) is 0 Å². The van der Waals surface area contributed by atoms with Crippen LogP contribution >= 0.6 is 0 Å². The molecule has 0 aliphatic heterocycles. The van der Waals surface area contributed by atoms with Gasteiger partial charge < -0.3 is 0 Å². The highest BCUT2D eigenvalue weighted by Crippen LogP contribution is 2.50. The monoisotopic (exact) mass is 366 g/mol. The lowest BCUT2D eigenvalue weighted by atomic mass is 9.68. The lowest BCUT2D eigenvalue weighted by Gasteiger charge is -2.36. The highest BCUT2D eigenvalue weighted by Gasteiger charge is 2.36. The zero-order chi connectivity index (χ0) is 19.7. The molecule has 2 aromatic carbocycles. The molecule has 0 amide bonds. The van der Waals surface area contributed by atoms with E-state index in [1.807, 2.05) is 12.4 Å². The molecule has 28 heavy (non-hydrogen) atoms. The molecule has 4 aromatic rings. The van der Waals surface area contributed by atoms with Gasteiger partial charge in [0.15, 0.2) is 0 Å². The molecule has 2 heterocycles. The number of hydrogen-bond donors (Lipinski definition) is 0. The van der Waals surface area contributed by atoms with E-state index in [0.717, 1.165) is 17.6 Å². The highest BCUT2D eigenvalue weighted by molar-refractivity contribution is 6.05. The lowest BCUT2D eigenvalue weighted by Crippen LogP contribution is -2.25. The quantitative estimate of drug-likeness (QED) is 0.375. The fourth-order valence-corrected chi connectivity index (χ4v) is 4.92. The number of aromatic nitrogens is 2. The second-order valence-corrected chi connectivity index (χ2v) is 9.83. The van der Waals surface area contributed by atoms with Crippen molar-refractivity contribution >= 4 is 21.7 Å². The number of benzene rings is 2. The minimum absolute atomic E-state index is 0.111. The molecular weight excluding hydrogens is 340 g/mol. The Morgan fingerprint density at radius 2 is 1.75 bits per heavy atom. The summed E-state index contributed by atoms with van der Waals surface area (Å²) < 4.78 is 0. The average Bonchev–Trinajstić information content (AvgIpc) is 2.63. The number of para-hydroxylation sites is 1. The van der Waals surface area contributed by atoms with Gasteiger partial charge in [-0.2, -0.15) is 0 Å². The molecule has 1 aliphatic rings. The summed E-state index contributed by atoms with van der Waals surface area (Å²) >= 11 is 0. The molecule has 0 radical (unpaired) electrons. The number of fused-ring (bicyclic) bond motifs is 4. The zero-order valence-corrected chi connectivity index (χ0v) is 17.3. The predicted molar refractivity (Wildman–Crippen MR) is 118 cm³/mol. The average molecular weight is 367 g/mol. The molecule has 1 aliphatic carbocycles. The Labute approximate surface area is 166 Å². The smallest absolute Gasteiger partial charge is 0.0802 e. The first-order valence-corrected chi connectivity index (χ1v) is 10.1. The molecule has 0 fully saturated rings. The maximum absolute atomic E-state index is 4.82. The first kappa shape index (κ1) is 17.4. The van der Waals surface area contributed by atoms with Crippen LogP contribution in [0.15, 0.2) is 54.9 Å². The van der Waals surface area contributed by atoms with Crippen LogP contribution in [0.1, 0.15) is 51.3 Å². The summed E-state index contributed by atoms with van der Waals surface area (Å²) in [6.45, 7) is 11.6. The minimum Gasteiger partial charge on any atom is -0.256 e. The maximum atomic E-state index is 4.82. The van der Waals surface area contributed by atoms with E-state index in [1.54, 1.807) is 0 Å². The Balaban J connectivity index is 1.90. The van der Waals surface area contributed by atoms with Crippen LogP contribution in [0.25, 0.3) is 32.9 Å². The van der Waals surface area contributed by atoms with Crippen molar-refractivity contribution in [3.63, 3.8) is 0 Å². The van der Waals surface area contributed by atoms with Crippen molar-refractivity contribution in [3.8, 4) is 11.3 Å². The van der Waals surface area contributed by atoms with Crippen molar-refractivity contribution in [2.24, 2.45) is 5.41 Å². The SMILES string of the molecule is CC(C)(C)Cc1cc2c3c(nccc3c1)-c1cnc3ccccc3c1C2(C)C. The van der Waals surface area contributed by atoms with Gasteiger partial charge in [-0.25, -0.2) is 0 Å². The van der Waals surface area contributed by atoms with E-state index < -0.39 is 0 Å². The van der Waals surface area contributed by atoms with Crippen molar-refractivity contribution in [1.29, 1.82) is 0 Å². The summed E-state index contributed by atoms with van der Waals surface area (Å²) in [6.07, 6.45) is 5.03. The molecule has 0 unspecified atom stereocenters. The molecule has 0 bridgehead atoms. The van der Waals surface area contributed by atoms with Gasteiger partial charge in [0, 0.05) is 34.1 Å². The van der Waals surface area contributed by atoms with E-state index in [0.29, 0.717) is 0 Å². The summed E-state index contributed by atoms with van der Waals surface area (Å²) in [5, 5.41) is 3.80. The molecule has 0 saturated carbocycles. The standard InChI is InChI=1S/C26H26N2/c1-25(2,3)14-16-12-17-10-11-27-24-19-15-28-21-9-7-6-8-18(21)23(19)26(4,5)20(13-16)22(17)24/h6-13,15H,14H2,1-5H3. The van der Waals surface area contributed by atoms with E-state index in [9.17, 15) is 0 Å². The molecule has 140 valence electrons. The third kappa shape index (κ3) is 2.47. The Kier molecular flexibility index (Phi) is 3.49. The molecule has 0 N–H and O–H groups in total. The summed E-state index contributed by atoms with van der Waals surface area (Å²) in [5.41, 5.74) is 7.57. The summed E-state index contributed by atoms with van der Waals surface area (Å²) in [5.74, 6) is 0. The summed E-state index contributed by atoms with van der Waals surface area (Å²) in [6, 6.07) is 15.4. The molecule has 5 rings (SSSR count). The summed E-state index contributed by atoms with van der Waals surface area (Å²) in [7, 11) is 0. The Hall–Kier alpha value is -2.74. The van der Waals surface area contributed by atoms with Crippen LogP contribution in [0.2, 0.25) is 0 Å². The van der Waals surface area contributed by atoms with E-state index in [4.69, 9.17) is 9.97 Å². The normalized spacial score (nSPS) is 15.0. The third-order valence-corrected chi connectivity index (χ3v) is 5.99. The molecule has 2 nitrogen and oxygen atoms in total. The first-order chi connectivity index (χ1) is 13.3. The Bertz CT molecular complexity index is 1240. The Morgan fingerprint density at radius 3 is 2.54 bits per heavy atom. The van der Waals surface area contributed by atoms with Gasteiger partial charge in [0.05, 0.1) is 11.2 Å². The van der Waals surface area contributed by atoms with Crippen LogP contribution in [0, 0.1) is 5.41 Å². The first-order valence-electron chi connectivity index (χ1n) is 10.1. The van der Waals surface area contributed by atoms with Gasteiger partial charge in [0.2, 0.25) is 0 Å². The van der Waals surface area contributed by atoms with Gasteiger partial charge in [-0.1, -0.05) is 65.0 Å². The molecule has 2 heteroatoms. The Morgan fingerprint density at radius 1 is 0.964 bits per heavy atom. The van der Waals surface area contributed by atoms with Crippen LogP contribution in [0.4, 0.5) is 0 Å². The number of hydrogen-bond acceptors (Lipinski definition) is 2. The predicted octanol–water partition coefficient (Wildman–Crippen LogP) is 6.68. The molecular formula is C26H26N2. The summed E-state index contributed by atoms with van der Waals surface area (Å²) in [4.78, 5) is 9.56. The molecule has 0 atom stereocenters. The van der Waals surface area contributed by atoms with Crippen LogP contribution in [-0.4, -0.2) is 9.97 Å². The van der Waals surface area contributed by atoms with Gasteiger partial charge in [-0.3, -0.25) is 9.97 Å². The van der Waals surface area contributed by atoms with Crippen molar-refractivity contribution in [3.05, 3.63) is 71.5 Å². The van der Waals surface area contributed by atoms with Crippen molar-refractivity contribution in [2.75, 3.05) is 0 Å². The fourth-order valence-electron chi connectivity index (χ4n) is 4.92. The van der Waals surface area contributed by atoms with Crippen LogP contribution in [0.5, 0.6) is 0 Å². The van der Waals surface area contributed by atoms with Crippen LogP contribution < -0.4 is 0 Å². The second kappa shape index (κ2) is 5.64.